The van der Waals surface area contributed by atoms with E-state index in [1.54, 1.807) is 0 Å². The summed E-state index contributed by atoms with van der Waals surface area (Å²) in [5.41, 5.74) is 0. The summed E-state index contributed by atoms with van der Waals surface area (Å²) in [5, 5.41) is 3.16. The highest BCUT2D eigenvalue weighted by Crippen LogP contribution is 2.26. The third-order valence-electron chi connectivity index (χ3n) is 4.04. The second-order valence-electron chi connectivity index (χ2n) is 5.46. The van der Waals surface area contributed by atoms with Crippen LogP contribution < -0.4 is 5.32 Å². The van der Waals surface area contributed by atoms with Gasteiger partial charge in [0.15, 0.2) is 0 Å². The maximum absolute atomic E-state index is 11.9. The van der Waals surface area contributed by atoms with Crippen molar-refractivity contribution in [1.82, 2.24) is 10.2 Å². The fourth-order valence-corrected chi connectivity index (χ4v) is 2.68. The molecule has 0 radical (unpaired) electrons. The molecule has 2 aliphatic rings. The molecule has 0 aromatic heterocycles. The van der Waals surface area contributed by atoms with Crippen LogP contribution in [-0.2, 0) is 0 Å². The topological polar surface area (TPSA) is 32.3 Å². The van der Waals surface area contributed by atoms with Crippen LogP contribution in [0.1, 0.15) is 51.4 Å². The molecule has 2 amide bonds. The monoisotopic (exact) mass is 224 g/mol. The summed E-state index contributed by atoms with van der Waals surface area (Å²) < 4.78 is 0. The zero-order valence-corrected chi connectivity index (χ0v) is 10.4. The van der Waals surface area contributed by atoms with Gasteiger partial charge in [-0.15, -0.1) is 0 Å². The van der Waals surface area contributed by atoms with Crippen LogP contribution in [0.4, 0.5) is 4.79 Å². The number of amides is 2. The van der Waals surface area contributed by atoms with Crippen LogP contribution in [0.5, 0.6) is 0 Å². The van der Waals surface area contributed by atoms with Crippen molar-refractivity contribution in [2.24, 2.45) is 5.92 Å². The molecule has 2 aliphatic carbocycles. The first-order valence-corrected chi connectivity index (χ1v) is 6.77. The van der Waals surface area contributed by atoms with Crippen molar-refractivity contribution >= 4 is 6.03 Å². The normalized spacial score (nSPS) is 22.6. The van der Waals surface area contributed by atoms with E-state index in [1.165, 1.54) is 51.4 Å². The van der Waals surface area contributed by atoms with Crippen molar-refractivity contribution in [3.63, 3.8) is 0 Å². The van der Waals surface area contributed by atoms with E-state index in [0.29, 0.717) is 6.04 Å². The van der Waals surface area contributed by atoms with Crippen LogP contribution in [0.25, 0.3) is 0 Å². The summed E-state index contributed by atoms with van der Waals surface area (Å²) in [6.07, 6.45) is 10.2. The minimum absolute atomic E-state index is 0.138. The summed E-state index contributed by atoms with van der Waals surface area (Å²) >= 11 is 0. The van der Waals surface area contributed by atoms with Crippen LogP contribution in [-0.4, -0.2) is 30.6 Å². The maximum atomic E-state index is 11.9. The highest BCUT2D eigenvalue weighted by atomic mass is 16.2. The molecule has 0 unspecified atom stereocenters. The zero-order chi connectivity index (χ0) is 11.4. The van der Waals surface area contributed by atoms with Crippen LogP contribution in [0.3, 0.4) is 0 Å². The molecule has 2 fully saturated rings. The molecule has 3 nitrogen and oxygen atoms in total. The highest BCUT2D eigenvalue weighted by molar-refractivity contribution is 5.74. The van der Waals surface area contributed by atoms with Gasteiger partial charge in [-0.3, -0.25) is 0 Å². The first kappa shape index (κ1) is 11.7. The fourth-order valence-electron chi connectivity index (χ4n) is 2.68. The average molecular weight is 224 g/mol. The van der Waals surface area contributed by atoms with E-state index in [1.807, 2.05) is 11.9 Å². The van der Waals surface area contributed by atoms with Crippen LogP contribution in [0.15, 0.2) is 0 Å². The van der Waals surface area contributed by atoms with E-state index in [4.69, 9.17) is 0 Å². The lowest BCUT2D eigenvalue weighted by Gasteiger charge is -2.32. The van der Waals surface area contributed by atoms with Gasteiger partial charge in [-0.2, -0.15) is 0 Å². The molecule has 0 aliphatic heterocycles. The Labute approximate surface area is 98.6 Å². The second-order valence-corrected chi connectivity index (χ2v) is 5.46. The van der Waals surface area contributed by atoms with Crippen molar-refractivity contribution < 1.29 is 4.79 Å². The van der Waals surface area contributed by atoms with Gasteiger partial charge in [0.05, 0.1) is 0 Å². The summed E-state index contributed by atoms with van der Waals surface area (Å²) in [6.45, 7) is 0.943. The van der Waals surface area contributed by atoms with E-state index in [2.05, 4.69) is 5.32 Å². The van der Waals surface area contributed by atoms with Gasteiger partial charge in [-0.05, 0) is 31.6 Å². The zero-order valence-electron chi connectivity index (χ0n) is 10.4. The molecule has 0 bridgehead atoms. The van der Waals surface area contributed by atoms with Gasteiger partial charge < -0.3 is 10.2 Å². The smallest absolute Gasteiger partial charge is 0.317 e. The number of carbonyl (C=O) groups excluding carboxylic acids is 1. The first-order chi connectivity index (χ1) is 7.75. The van der Waals surface area contributed by atoms with Crippen molar-refractivity contribution in [3.05, 3.63) is 0 Å². The Morgan fingerprint density at radius 1 is 1.12 bits per heavy atom. The van der Waals surface area contributed by atoms with Gasteiger partial charge in [0.1, 0.15) is 0 Å². The molecule has 0 spiro atoms. The Bertz CT molecular complexity index is 232. The van der Waals surface area contributed by atoms with Crippen molar-refractivity contribution in [2.45, 2.75) is 57.4 Å². The molecule has 0 heterocycles. The van der Waals surface area contributed by atoms with Gasteiger partial charge in [-0.25, -0.2) is 4.79 Å². The van der Waals surface area contributed by atoms with E-state index in [0.717, 1.165) is 12.5 Å². The van der Waals surface area contributed by atoms with E-state index in [9.17, 15) is 4.79 Å². The summed E-state index contributed by atoms with van der Waals surface area (Å²) in [5.74, 6) is 0.766. The molecule has 0 aromatic rings. The van der Waals surface area contributed by atoms with Crippen molar-refractivity contribution in [2.75, 3.05) is 13.6 Å². The summed E-state index contributed by atoms with van der Waals surface area (Å²) in [6, 6.07) is 0.573. The highest BCUT2D eigenvalue weighted by Gasteiger charge is 2.23. The van der Waals surface area contributed by atoms with Crippen molar-refractivity contribution in [3.8, 4) is 0 Å². The number of rotatable bonds is 3. The average Bonchev–Trinajstić information content (AvgIpc) is 2.24. The number of hydrogen-bond donors (Lipinski definition) is 1. The molecule has 2 rings (SSSR count). The van der Waals surface area contributed by atoms with Gasteiger partial charge in [0, 0.05) is 19.6 Å². The van der Waals surface area contributed by atoms with Gasteiger partial charge in [0.2, 0.25) is 0 Å². The minimum Gasteiger partial charge on any atom is -0.335 e. The Morgan fingerprint density at radius 3 is 2.38 bits per heavy atom. The Morgan fingerprint density at radius 2 is 1.81 bits per heavy atom. The number of nitrogens with zero attached hydrogens (tertiary/aromatic N) is 1. The number of urea groups is 1. The number of carbonyl (C=O) groups is 1. The van der Waals surface area contributed by atoms with Crippen molar-refractivity contribution in [1.29, 1.82) is 0 Å². The molecule has 0 saturated heterocycles. The molecule has 3 heteroatoms. The standard InChI is InChI=1S/C13H24N2O/c1-15(10-11-6-5-7-11)13(16)14-12-8-3-2-4-9-12/h11-12H,2-10H2,1H3,(H,14,16). The molecule has 92 valence electrons. The maximum Gasteiger partial charge on any atom is 0.317 e. The van der Waals surface area contributed by atoms with Crippen LogP contribution >= 0.6 is 0 Å². The first-order valence-electron chi connectivity index (χ1n) is 6.77. The molecule has 0 atom stereocenters. The van der Waals surface area contributed by atoms with E-state index < -0.39 is 0 Å². The molecular formula is C13H24N2O. The quantitative estimate of drug-likeness (QED) is 0.785. The van der Waals surface area contributed by atoms with Gasteiger partial charge >= 0.3 is 6.03 Å². The largest absolute Gasteiger partial charge is 0.335 e. The third kappa shape index (κ3) is 3.13. The van der Waals surface area contributed by atoms with Crippen LogP contribution in [0.2, 0.25) is 0 Å². The third-order valence-corrected chi connectivity index (χ3v) is 4.04. The lowest BCUT2D eigenvalue weighted by Crippen LogP contribution is -2.45. The second kappa shape index (κ2) is 5.55. The van der Waals surface area contributed by atoms with Crippen LogP contribution in [0, 0.1) is 5.92 Å². The molecular weight excluding hydrogens is 200 g/mol. The molecule has 2 saturated carbocycles. The number of nitrogens with one attached hydrogen (secondary N) is 1. The summed E-state index contributed by atoms with van der Waals surface area (Å²) in [7, 11) is 1.93. The minimum atomic E-state index is 0.138. The van der Waals surface area contributed by atoms with E-state index >= 15 is 0 Å². The summed E-state index contributed by atoms with van der Waals surface area (Å²) in [4.78, 5) is 13.8. The number of hydrogen-bond acceptors (Lipinski definition) is 1. The molecule has 1 N–H and O–H groups in total. The SMILES string of the molecule is CN(CC1CCC1)C(=O)NC1CCCCC1. The Balaban J connectivity index is 1.68. The predicted octanol–water partition coefficient (Wildman–Crippen LogP) is 2.76. The lowest BCUT2D eigenvalue weighted by molar-refractivity contribution is 0.176. The lowest BCUT2D eigenvalue weighted by atomic mass is 9.85. The fraction of sp³-hybridized carbons (Fsp3) is 0.923. The van der Waals surface area contributed by atoms with Gasteiger partial charge in [0.25, 0.3) is 0 Å². The molecule has 16 heavy (non-hydrogen) atoms. The van der Waals surface area contributed by atoms with Gasteiger partial charge in [-0.1, -0.05) is 25.7 Å². The molecule has 0 aromatic carbocycles. The Kier molecular flexibility index (Phi) is 4.08. The predicted molar refractivity (Wildman–Crippen MR) is 65.4 cm³/mol. The van der Waals surface area contributed by atoms with E-state index in [-0.39, 0.29) is 6.03 Å². The Hall–Kier alpha value is -0.730.